The van der Waals surface area contributed by atoms with Gasteiger partial charge in [-0.15, -0.1) is 0 Å². The van der Waals surface area contributed by atoms with Gasteiger partial charge in [-0.3, -0.25) is 9.69 Å². The number of nitriles is 1. The van der Waals surface area contributed by atoms with Crippen LogP contribution in [0.25, 0.3) is 0 Å². The summed E-state index contributed by atoms with van der Waals surface area (Å²) in [5.74, 6) is 0.0613. The fraction of sp³-hybridized carbons (Fsp3) is 0.619. The van der Waals surface area contributed by atoms with Crippen LogP contribution >= 0.6 is 0 Å². The molecule has 0 radical (unpaired) electrons. The number of carbonyl (C=O) groups excluding carboxylic acids is 1. The van der Waals surface area contributed by atoms with E-state index in [0.29, 0.717) is 25.7 Å². The molecule has 0 N–H and O–H groups in total. The number of likely N-dealkylation sites (N-methyl/N-ethyl adjacent to an activating group) is 1. The number of benzene rings is 1. The van der Waals surface area contributed by atoms with E-state index in [-0.39, 0.29) is 29.5 Å². The van der Waals surface area contributed by atoms with Crippen molar-refractivity contribution in [2.45, 2.75) is 49.5 Å². The summed E-state index contributed by atoms with van der Waals surface area (Å²) in [6.07, 6.45) is 7.31. The van der Waals surface area contributed by atoms with Crippen LogP contribution in [0.1, 0.15) is 44.1 Å². The fourth-order valence-electron chi connectivity index (χ4n) is 4.24. The van der Waals surface area contributed by atoms with Gasteiger partial charge in [0.1, 0.15) is 6.07 Å². The number of hydrogen-bond donors (Lipinski definition) is 0. The maximum atomic E-state index is 12.9. The van der Waals surface area contributed by atoms with E-state index in [0.717, 1.165) is 12.8 Å². The molecule has 7 nitrogen and oxygen atoms in total. The van der Waals surface area contributed by atoms with Crippen molar-refractivity contribution < 1.29 is 13.2 Å². The molecule has 8 heteroatoms. The Morgan fingerprint density at radius 2 is 1.72 bits per heavy atom. The van der Waals surface area contributed by atoms with Gasteiger partial charge >= 0.3 is 0 Å². The van der Waals surface area contributed by atoms with Gasteiger partial charge in [-0.25, -0.2) is 8.42 Å². The van der Waals surface area contributed by atoms with Crippen molar-refractivity contribution in [3.05, 3.63) is 29.8 Å². The zero-order valence-corrected chi connectivity index (χ0v) is 17.9. The number of rotatable bonds is 5. The Balaban J connectivity index is 1.57. The van der Waals surface area contributed by atoms with E-state index in [1.165, 1.54) is 42.1 Å². The molecule has 3 rings (SSSR count). The molecular formula is C21H30N4O3S. The first-order valence-electron chi connectivity index (χ1n) is 10.4. The smallest absolute Gasteiger partial charge is 0.244 e. The number of hydrogen-bond acceptors (Lipinski definition) is 5. The topological polar surface area (TPSA) is 84.7 Å². The van der Waals surface area contributed by atoms with Crippen molar-refractivity contribution in [2.24, 2.45) is 0 Å². The largest absolute Gasteiger partial charge is 0.339 e. The van der Waals surface area contributed by atoms with E-state index >= 15 is 0 Å². The predicted molar refractivity (Wildman–Crippen MR) is 111 cm³/mol. The molecule has 1 saturated heterocycles. The van der Waals surface area contributed by atoms with E-state index in [2.05, 4.69) is 4.90 Å². The molecule has 2 aliphatic rings. The lowest BCUT2D eigenvalue weighted by Crippen LogP contribution is -2.53. The molecule has 0 bridgehead atoms. The standard InChI is InChI=1S/C21H30N4O3S/c1-23(19-9-4-2-3-5-10-19)17-21(26)24-12-14-25(15-13-24)29(27,28)20-11-7-6-8-18(20)16-22/h6-8,11,19H,2-5,9-10,12-15,17H2,1H3. The first kappa shape index (κ1) is 21.8. The van der Waals surface area contributed by atoms with Gasteiger partial charge in [0.2, 0.25) is 15.9 Å². The Morgan fingerprint density at radius 1 is 1.10 bits per heavy atom. The van der Waals surface area contributed by atoms with Crippen LogP contribution < -0.4 is 0 Å². The Kier molecular flexibility index (Phi) is 7.28. The Hall–Kier alpha value is -1.95. The first-order chi connectivity index (χ1) is 13.9. The molecule has 1 aliphatic carbocycles. The van der Waals surface area contributed by atoms with E-state index in [1.54, 1.807) is 17.0 Å². The molecule has 0 aromatic heterocycles. The minimum absolute atomic E-state index is 0.0374. The molecule has 0 unspecified atom stereocenters. The highest BCUT2D eigenvalue weighted by molar-refractivity contribution is 7.89. The monoisotopic (exact) mass is 418 g/mol. The first-order valence-corrected chi connectivity index (χ1v) is 11.8. The quantitative estimate of drug-likeness (QED) is 0.683. The normalized spacial score (nSPS) is 19.7. The highest BCUT2D eigenvalue weighted by Gasteiger charge is 2.32. The van der Waals surface area contributed by atoms with Gasteiger partial charge < -0.3 is 4.90 Å². The molecule has 1 saturated carbocycles. The summed E-state index contributed by atoms with van der Waals surface area (Å²) < 4.78 is 27.2. The predicted octanol–water partition coefficient (Wildman–Crippen LogP) is 2.05. The minimum atomic E-state index is -3.74. The van der Waals surface area contributed by atoms with Crippen LogP contribution in [0.4, 0.5) is 0 Å². The lowest BCUT2D eigenvalue weighted by atomic mass is 10.1. The SMILES string of the molecule is CN(CC(=O)N1CCN(S(=O)(=O)c2ccccc2C#N)CC1)C1CCCCCC1. The van der Waals surface area contributed by atoms with Crippen LogP contribution in [0.3, 0.4) is 0 Å². The Labute approximate surface area is 173 Å². The summed E-state index contributed by atoms with van der Waals surface area (Å²) in [6, 6.07) is 8.66. The second kappa shape index (κ2) is 9.70. The zero-order chi connectivity index (χ0) is 20.9. The Morgan fingerprint density at radius 3 is 2.34 bits per heavy atom. The molecule has 158 valence electrons. The van der Waals surface area contributed by atoms with E-state index in [4.69, 9.17) is 0 Å². The van der Waals surface area contributed by atoms with Crippen LogP contribution in [0, 0.1) is 11.3 Å². The van der Waals surface area contributed by atoms with Crippen molar-refractivity contribution in [1.82, 2.24) is 14.1 Å². The maximum Gasteiger partial charge on any atom is 0.244 e. The van der Waals surface area contributed by atoms with Crippen LogP contribution in [0.5, 0.6) is 0 Å². The molecule has 2 fully saturated rings. The highest BCUT2D eigenvalue weighted by Crippen LogP contribution is 2.22. The molecule has 1 heterocycles. The van der Waals surface area contributed by atoms with Gasteiger partial charge in [-0.05, 0) is 32.0 Å². The summed E-state index contributed by atoms with van der Waals surface area (Å²) >= 11 is 0. The Bertz CT molecular complexity index is 849. The van der Waals surface area contributed by atoms with Crippen LogP contribution in [-0.4, -0.2) is 74.2 Å². The summed E-state index contributed by atoms with van der Waals surface area (Å²) in [5, 5.41) is 9.21. The fourth-order valence-corrected chi connectivity index (χ4v) is 5.81. The average Bonchev–Trinajstić information content (AvgIpc) is 3.03. The molecule has 29 heavy (non-hydrogen) atoms. The summed E-state index contributed by atoms with van der Waals surface area (Å²) in [6.45, 7) is 1.65. The number of sulfonamides is 1. The molecule has 1 aromatic carbocycles. The molecular weight excluding hydrogens is 388 g/mol. The van der Waals surface area contributed by atoms with Gasteiger partial charge in [-0.1, -0.05) is 37.8 Å². The minimum Gasteiger partial charge on any atom is -0.339 e. The van der Waals surface area contributed by atoms with E-state index in [1.807, 2.05) is 13.1 Å². The summed E-state index contributed by atoms with van der Waals surface area (Å²) in [7, 11) is -1.71. The second-order valence-corrected chi connectivity index (χ2v) is 9.86. The third-order valence-corrected chi connectivity index (χ3v) is 8.01. The van der Waals surface area contributed by atoms with E-state index in [9.17, 15) is 18.5 Å². The molecule has 1 aromatic rings. The molecule has 1 amide bonds. The second-order valence-electron chi connectivity index (χ2n) is 7.95. The van der Waals surface area contributed by atoms with Gasteiger partial charge in [-0.2, -0.15) is 9.57 Å². The van der Waals surface area contributed by atoms with Crippen molar-refractivity contribution in [3.63, 3.8) is 0 Å². The summed E-state index contributed by atoms with van der Waals surface area (Å²) in [5.41, 5.74) is 0.149. The third-order valence-electron chi connectivity index (χ3n) is 6.05. The van der Waals surface area contributed by atoms with Crippen molar-refractivity contribution in [2.75, 3.05) is 39.8 Å². The van der Waals surface area contributed by atoms with Crippen molar-refractivity contribution in [3.8, 4) is 6.07 Å². The van der Waals surface area contributed by atoms with Crippen LogP contribution in [0.15, 0.2) is 29.2 Å². The number of carbonyl (C=O) groups is 1. The maximum absolute atomic E-state index is 12.9. The van der Waals surface area contributed by atoms with Gasteiger partial charge in [0.15, 0.2) is 0 Å². The third kappa shape index (κ3) is 5.16. The van der Waals surface area contributed by atoms with Crippen molar-refractivity contribution >= 4 is 15.9 Å². The number of nitrogens with zero attached hydrogens (tertiary/aromatic N) is 4. The zero-order valence-electron chi connectivity index (χ0n) is 17.1. The lowest BCUT2D eigenvalue weighted by molar-refractivity contribution is -0.133. The highest BCUT2D eigenvalue weighted by atomic mass is 32.2. The lowest BCUT2D eigenvalue weighted by Gasteiger charge is -2.36. The van der Waals surface area contributed by atoms with Crippen LogP contribution in [-0.2, 0) is 14.8 Å². The molecule has 1 aliphatic heterocycles. The van der Waals surface area contributed by atoms with Crippen LogP contribution in [0.2, 0.25) is 0 Å². The molecule has 0 spiro atoms. The number of piperazine rings is 1. The van der Waals surface area contributed by atoms with Gasteiger partial charge in [0.05, 0.1) is 17.0 Å². The van der Waals surface area contributed by atoms with Crippen molar-refractivity contribution in [1.29, 1.82) is 5.26 Å². The molecule has 0 atom stereocenters. The average molecular weight is 419 g/mol. The van der Waals surface area contributed by atoms with Gasteiger partial charge in [0, 0.05) is 32.2 Å². The summed E-state index contributed by atoms with van der Waals surface area (Å²) in [4.78, 5) is 16.7. The van der Waals surface area contributed by atoms with E-state index < -0.39 is 10.0 Å². The number of amides is 1. The van der Waals surface area contributed by atoms with Gasteiger partial charge in [0.25, 0.3) is 0 Å².